The molecule has 1 aliphatic rings. The minimum atomic E-state index is -3.23. The summed E-state index contributed by atoms with van der Waals surface area (Å²) in [5.41, 5.74) is 1.03. The van der Waals surface area contributed by atoms with Crippen LogP contribution in [0.4, 0.5) is 0 Å². The van der Waals surface area contributed by atoms with Gasteiger partial charge >= 0.3 is 40.2 Å². The summed E-state index contributed by atoms with van der Waals surface area (Å²) in [6.07, 6.45) is 0. The van der Waals surface area contributed by atoms with Crippen LogP contribution < -0.4 is 0 Å². The molecule has 1 heterocycles. The maximum Gasteiger partial charge on any atom is 0.364 e. The number of benzene rings is 1. The predicted octanol–water partition coefficient (Wildman–Crippen LogP) is 5.23. The number of carbonyl (C=O) groups is 1. The van der Waals surface area contributed by atoms with Gasteiger partial charge in [0.15, 0.2) is 1.77 Å². The third-order valence-corrected chi connectivity index (χ3v) is 26.0. The smallest absolute Gasteiger partial charge is 0.364 e. The molecule has 13 heteroatoms. The van der Waals surface area contributed by atoms with Crippen molar-refractivity contribution in [1.82, 2.24) is 0 Å². The van der Waals surface area contributed by atoms with Crippen LogP contribution in [0.3, 0.4) is 0 Å². The zero-order valence-corrected chi connectivity index (χ0v) is 25.2. The number of alkyl halides is 3. The van der Waals surface area contributed by atoms with E-state index in [-0.39, 0.29) is 6.04 Å². The van der Waals surface area contributed by atoms with Crippen LogP contribution in [0.1, 0.15) is 5.56 Å². The Bertz CT molecular complexity index is 717. The Balaban J connectivity index is 2.60. The fraction of sp³-hybridized carbons (Fsp3) is 0.533. The predicted molar refractivity (Wildman–Crippen MR) is 129 cm³/mol. The summed E-state index contributed by atoms with van der Waals surface area (Å²) < 4.78 is 25.4. The lowest BCUT2D eigenvalue weighted by atomic mass is 10.2. The minimum Gasteiger partial charge on any atom is -0.481 e. The highest BCUT2D eigenvalue weighted by Crippen LogP contribution is 2.49. The number of rotatable bonds is 4. The highest BCUT2D eigenvalue weighted by atomic mass is 80.0. The van der Waals surface area contributed by atoms with Crippen molar-refractivity contribution in [3.63, 3.8) is 0 Å². The van der Waals surface area contributed by atoms with E-state index in [1.807, 2.05) is 56.5 Å². The quantitative estimate of drug-likeness (QED) is 0.355. The molecule has 0 aromatic heterocycles. The largest absolute Gasteiger partial charge is 0.481 e. The number of hydrogen-bond acceptors (Lipinski definition) is 5. The zero-order valence-electron chi connectivity index (χ0n) is 16.4. The fourth-order valence-electron chi connectivity index (χ4n) is 3.44. The number of aliphatic carboxylic acids is 1. The third kappa shape index (κ3) is 6.67. The van der Waals surface area contributed by atoms with Gasteiger partial charge in [-0.25, -0.2) is 0 Å². The molecule has 0 bridgehead atoms. The fourth-order valence-corrected chi connectivity index (χ4v) is 29.7. The molecule has 1 aromatic rings. The molecule has 1 aliphatic heterocycles. The summed E-state index contributed by atoms with van der Waals surface area (Å²) in [6, 6.07) is 10.2. The molecule has 6 nitrogen and oxygen atoms in total. The first-order valence-corrected chi connectivity index (χ1v) is 21.3. The van der Waals surface area contributed by atoms with E-state index < -0.39 is 42.0 Å². The molecular weight excluding hydrogens is 628 g/mol. The highest BCUT2D eigenvalue weighted by molar-refractivity contribution is 9.40. The van der Waals surface area contributed by atoms with Gasteiger partial charge in [0, 0.05) is 6.04 Å². The average Bonchev–Trinajstić information content (AvgIpc) is 2.41. The Morgan fingerprint density at radius 2 is 1.46 bits per heavy atom. The van der Waals surface area contributed by atoms with E-state index in [1.54, 1.807) is 6.55 Å². The van der Waals surface area contributed by atoms with Crippen LogP contribution in [0.25, 0.3) is 0 Å². The number of carboxylic acid groups (broad SMARTS) is 1. The zero-order chi connectivity index (χ0) is 21.4. The Morgan fingerprint density at radius 1 is 0.929 bits per heavy atom. The standard InChI is InChI=1S/C15H25Br3O6Si4/c1-25(2)21-26(3,4)23-28(15(16,17)18,11-13-9-7-6-8-10-13)24-27(5,22-25)12-14(19)20/h6-10H,11-12H2,1-5H3,(H,19,20). The van der Waals surface area contributed by atoms with E-state index in [0.29, 0.717) is 6.04 Å². The second-order valence-electron chi connectivity index (χ2n) is 7.83. The molecule has 2 rings (SSSR count). The Hall–Kier alpha value is 0.838. The SMILES string of the molecule is C[Si]1(C)O[Si](C)(C)O[Si](Cc2ccccc2)(C(Br)(Br)Br)O[Si](C)(CC(=O)O)O1. The van der Waals surface area contributed by atoms with Gasteiger partial charge in [0.05, 0.1) is 6.04 Å². The Labute approximate surface area is 195 Å². The molecule has 28 heavy (non-hydrogen) atoms. The van der Waals surface area contributed by atoms with Crippen molar-refractivity contribution in [2.45, 2.75) is 46.6 Å². The molecule has 1 N–H and O–H groups in total. The molecule has 1 fully saturated rings. The molecule has 0 saturated carbocycles. The summed E-state index contributed by atoms with van der Waals surface area (Å²) in [4.78, 5) is 11.6. The van der Waals surface area contributed by atoms with Crippen molar-refractivity contribution < 1.29 is 26.4 Å². The molecule has 0 aliphatic carbocycles. The van der Waals surface area contributed by atoms with Crippen LogP contribution >= 0.6 is 47.8 Å². The van der Waals surface area contributed by atoms with Crippen molar-refractivity contribution >= 4 is 88.0 Å². The lowest BCUT2D eigenvalue weighted by Crippen LogP contribution is -2.71. The topological polar surface area (TPSA) is 74.2 Å². The highest BCUT2D eigenvalue weighted by Gasteiger charge is 2.64. The van der Waals surface area contributed by atoms with Crippen molar-refractivity contribution in [2.75, 3.05) is 0 Å². The molecule has 158 valence electrons. The molecule has 0 amide bonds. The normalized spacial score (nSPS) is 30.3. The summed E-state index contributed by atoms with van der Waals surface area (Å²) in [7, 11) is -11.7. The van der Waals surface area contributed by atoms with Gasteiger partial charge < -0.3 is 21.6 Å². The van der Waals surface area contributed by atoms with E-state index in [1.165, 1.54) is 0 Å². The first-order valence-electron chi connectivity index (χ1n) is 8.70. The summed E-state index contributed by atoms with van der Waals surface area (Å²) in [5.74, 6) is -0.956. The van der Waals surface area contributed by atoms with E-state index in [4.69, 9.17) is 16.5 Å². The van der Waals surface area contributed by atoms with Gasteiger partial charge in [0.25, 0.3) is 0 Å². The number of hydrogen-bond donors (Lipinski definition) is 1. The number of carboxylic acids is 1. The van der Waals surface area contributed by atoms with Gasteiger partial charge in [-0.15, -0.1) is 0 Å². The average molecular weight is 653 g/mol. The second-order valence-corrected chi connectivity index (χ2v) is 30.9. The summed E-state index contributed by atoms with van der Waals surface area (Å²) >= 11 is 11.0. The van der Waals surface area contributed by atoms with Crippen molar-refractivity contribution in [3.05, 3.63) is 35.9 Å². The van der Waals surface area contributed by atoms with Gasteiger partial charge in [-0.2, -0.15) is 0 Å². The van der Waals surface area contributed by atoms with Crippen LogP contribution in [-0.4, -0.2) is 47.1 Å². The van der Waals surface area contributed by atoms with Crippen molar-refractivity contribution in [2.24, 2.45) is 0 Å². The minimum absolute atomic E-state index is 0.190. The molecule has 1 saturated heterocycles. The first-order chi connectivity index (χ1) is 12.6. The summed E-state index contributed by atoms with van der Waals surface area (Å²) in [6.45, 7) is 9.56. The van der Waals surface area contributed by atoms with E-state index >= 15 is 0 Å². The molecule has 2 atom stereocenters. The second kappa shape index (κ2) is 8.76. The monoisotopic (exact) mass is 650 g/mol. The van der Waals surface area contributed by atoms with Crippen molar-refractivity contribution in [1.29, 1.82) is 0 Å². The van der Waals surface area contributed by atoms with Crippen LogP contribution in [0.5, 0.6) is 0 Å². The molecule has 2 unspecified atom stereocenters. The van der Waals surface area contributed by atoms with E-state index in [2.05, 4.69) is 47.8 Å². The lowest BCUT2D eigenvalue weighted by Gasteiger charge is -2.51. The summed E-state index contributed by atoms with van der Waals surface area (Å²) in [5, 5.41) is 9.53. The van der Waals surface area contributed by atoms with E-state index in [0.717, 1.165) is 5.56 Å². The molecule has 0 spiro atoms. The number of halogens is 3. The van der Waals surface area contributed by atoms with Gasteiger partial charge in [0.1, 0.15) is 0 Å². The molecular formula is C15H25Br3O6Si4. The van der Waals surface area contributed by atoms with Crippen LogP contribution in [-0.2, 0) is 27.3 Å². The molecule has 1 aromatic carbocycles. The Kier molecular flexibility index (Phi) is 7.85. The van der Waals surface area contributed by atoms with Crippen molar-refractivity contribution in [3.8, 4) is 0 Å². The molecule has 0 radical (unpaired) electrons. The maximum absolute atomic E-state index is 11.6. The lowest BCUT2D eigenvalue weighted by molar-refractivity contribution is -0.134. The van der Waals surface area contributed by atoms with Gasteiger partial charge in [-0.1, -0.05) is 78.1 Å². The first kappa shape index (κ1) is 25.1. The maximum atomic E-state index is 11.6. The van der Waals surface area contributed by atoms with Crippen LogP contribution in [0, 0.1) is 0 Å². The Morgan fingerprint density at radius 3 is 1.96 bits per heavy atom. The van der Waals surface area contributed by atoms with Crippen LogP contribution in [0.15, 0.2) is 30.3 Å². The van der Waals surface area contributed by atoms with Gasteiger partial charge in [-0.3, -0.25) is 4.79 Å². The van der Waals surface area contributed by atoms with Crippen LogP contribution in [0.2, 0.25) is 38.8 Å². The van der Waals surface area contributed by atoms with Gasteiger partial charge in [0.2, 0.25) is 0 Å². The van der Waals surface area contributed by atoms with Gasteiger partial charge in [-0.05, 0) is 38.3 Å². The van der Waals surface area contributed by atoms with E-state index in [9.17, 15) is 9.90 Å². The third-order valence-electron chi connectivity index (χ3n) is 3.93.